The van der Waals surface area contributed by atoms with Gasteiger partial charge in [0.2, 0.25) is 5.91 Å². The number of quaternary nitrogens is 2. The lowest BCUT2D eigenvalue weighted by Crippen LogP contribution is -2.48. The topological polar surface area (TPSA) is 274 Å². The minimum atomic E-state index is -4.24. The summed E-state index contributed by atoms with van der Waals surface area (Å²) in [5.41, 5.74) is 0. The third-order valence-electron chi connectivity index (χ3n) is 8.70. The van der Waals surface area contributed by atoms with E-state index in [-0.39, 0.29) is 57.2 Å². The average Bonchev–Trinajstić information content (AvgIpc) is 3.10. The van der Waals surface area contributed by atoms with Gasteiger partial charge in [-0.1, -0.05) is 50.6 Å². The Bertz CT molecular complexity index is 1050. The molecule has 0 rings (SSSR count). The Labute approximate surface area is 331 Å². The minimum Gasteiger partial charge on any atom is -0.399 e. The van der Waals surface area contributed by atoms with Crippen molar-refractivity contribution in [3.05, 3.63) is 0 Å². The fourth-order valence-electron chi connectivity index (χ4n) is 4.57. The lowest BCUT2D eigenvalue weighted by molar-refractivity contribution is -0.870. The SMILES string of the molecule is C[N+](C)(C)CCOP(=O)(O)OCC(=O)NCCCCCC[Si](CO)(CO)CO.C[N+](C)(C)CCOP(=O)(O)OCCNCCCCCC[Si](CO)(CO)CO. The fraction of sp³-hybridized carbons (Fsp3) is 0.969. The number of nitrogens with one attached hydrogen (secondary N) is 2. The Morgan fingerprint density at radius 1 is 0.527 bits per heavy atom. The second-order valence-electron chi connectivity index (χ2n) is 16.1. The third kappa shape index (κ3) is 33.3. The average molecular weight is 877 g/mol. The smallest absolute Gasteiger partial charge is 0.399 e. The Morgan fingerprint density at radius 2 is 0.891 bits per heavy atom. The van der Waals surface area contributed by atoms with Crippen LogP contribution in [-0.2, 0) is 32.0 Å². The molecule has 0 heterocycles. The molecule has 55 heavy (non-hydrogen) atoms. The van der Waals surface area contributed by atoms with Crippen molar-refractivity contribution in [1.29, 1.82) is 0 Å². The number of aliphatic hydroxyl groups is 6. The molecule has 0 aliphatic rings. The highest BCUT2D eigenvalue weighted by Gasteiger charge is 2.31. The van der Waals surface area contributed by atoms with Gasteiger partial charge in [-0.3, -0.25) is 22.9 Å². The Morgan fingerprint density at radius 3 is 1.29 bits per heavy atom. The van der Waals surface area contributed by atoms with Crippen LogP contribution >= 0.6 is 15.6 Å². The number of unbranched alkanes of at least 4 members (excludes halogenated alkanes) is 6. The number of nitrogens with zero attached hydrogens (tertiary/aromatic N) is 2. The van der Waals surface area contributed by atoms with Gasteiger partial charge in [0.25, 0.3) is 0 Å². The molecular formula is C32H78N4O15P2Si2+2. The highest BCUT2D eigenvalue weighted by Crippen LogP contribution is 2.43. The molecule has 23 heteroatoms. The number of hydrogen-bond acceptors (Lipinski definition) is 14. The lowest BCUT2D eigenvalue weighted by Gasteiger charge is -2.24. The van der Waals surface area contributed by atoms with E-state index in [9.17, 15) is 54.4 Å². The molecule has 0 aromatic rings. The molecule has 0 aromatic heterocycles. The van der Waals surface area contributed by atoms with E-state index < -0.39 is 44.3 Å². The lowest BCUT2D eigenvalue weighted by atomic mass is 10.2. The van der Waals surface area contributed by atoms with Gasteiger partial charge in [0, 0.05) is 50.5 Å². The van der Waals surface area contributed by atoms with Crippen molar-refractivity contribution in [2.45, 2.75) is 63.5 Å². The summed E-state index contributed by atoms with van der Waals surface area (Å²) in [4.78, 5) is 30.7. The van der Waals surface area contributed by atoms with Gasteiger partial charge >= 0.3 is 15.6 Å². The number of aliphatic hydroxyl groups excluding tert-OH is 6. The first-order valence-electron chi connectivity index (χ1n) is 19.1. The van der Waals surface area contributed by atoms with Crippen molar-refractivity contribution >= 4 is 37.7 Å². The predicted octanol–water partition coefficient (Wildman–Crippen LogP) is -0.434. The first-order chi connectivity index (χ1) is 25.6. The van der Waals surface area contributed by atoms with Crippen molar-refractivity contribution in [1.82, 2.24) is 10.6 Å². The molecule has 1 amide bonds. The summed E-state index contributed by atoms with van der Waals surface area (Å²) in [6.45, 7) is 2.59. The maximum Gasteiger partial charge on any atom is 0.472 e. The predicted molar refractivity (Wildman–Crippen MR) is 216 cm³/mol. The third-order valence-corrected chi connectivity index (χ3v) is 17.5. The molecule has 19 nitrogen and oxygen atoms in total. The maximum absolute atomic E-state index is 11.7. The normalized spacial score (nSPS) is 14.9. The second kappa shape index (κ2) is 30.8. The summed E-state index contributed by atoms with van der Waals surface area (Å²) < 4.78 is 43.9. The van der Waals surface area contributed by atoms with Gasteiger partial charge < -0.3 is 60.0 Å². The van der Waals surface area contributed by atoms with E-state index >= 15 is 0 Å². The van der Waals surface area contributed by atoms with E-state index in [0.717, 1.165) is 64.0 Å². The fourth-order valence-corrected chi connectivity index (χ4v) is 9.49. The summed E-state index contributed by atoms with van der Waals surface area (Å²) in [7, 11) is -1.15. The standard InChI is InChI=1S/C16H37N2O8PSi.C16H39N2O7PSi/c1-18(2,3)9-10-25-27(23,24)26-12-16(22)17-8-6-4-5-7-11-28(13-19,14-20)15-21;1-18(2,3)10-12-25-26(22,23)24-11-9-17-8-6-4-5-7-13-27(14-19,15-20)16-21/h19-21H,4-15H2,1-3H3,(H-,17,22,23,24);17,19-21H,4-16H2,1-3H3/p+2. The van der Waals surface area contributed by atoms with Gasteiger partial charge in [-0.2, -0.15) is 0 Å². The number of rotatable bonds is 35. The van der Waals surface area contributed by atoms with Crippen molar-refractivity contribution < 1.29 is 81.4 Å². The molecule has 10 N–H and O–H groups in total. The van der Waals surface area contributed by atoms with Gasteiger partial charge in [-0.15, -0.1) is 0 Å². The van der Waals surface area contributed by atoms with Gasteiger partial charge in [-0.05, 0) is 19.4 Å². The largest absolute Gasteiger partial charge is 0.472 e. The van der Waals surface area contributed by atoms with E-state index in [4.69, 9.17) is 13.6 Å². The Hall–Kier alpha value is -0.236. The zero-order valence-corrected chi connectivity index (χ0v) is 38.2. The molecule has 0 aliphatic heterocycles. The Kier molecular flexibility index (Phi) is 31.8. The van der Waals surface area contributed by atoms with Crippen LogP contribution in [0, 0.1) is 0 Å². The van der Waals surface area contributed by atoms with Crippen molar-refractivity contribution in [3.8, 4) is 0 Å². The van der Waals surface area contributed by atoms with E-state index in [0.29, 0.717) is 41.2 Å². The van der Waals surface area contributed by atoms with Crippen molar-refractivity contribution in [2.24, 2.45) is 0 Å². The van der Waals surface area contributed by atoms with E-state index in [1.165, 1.54) is 0 Å². The molecule has 0 fully saturated rings. The molecule has 332 valence electrons. The molecule has 0 spiro atoms. The van der Waals surface area contributed by atoms with Crippen LogP contribution in [0.25, 0.3) is 0 Å². The Balaban J connectivity index is 0. The molecule has 0 radical (unpaired) electrons. The van der Waals surface area contributed by atoms with Crippen LogP contribution in [0.4, 0.5) is 0 Å². The van der Waals surface area contributed by atoms with Crippen LogP contribution in [0.5, 0.6) is 0 Å². The monoisotopic (exact) mass is 876 g/mol. The van der Waals surface area contributed by atoms with Crippen LogP contribution in [0.2, 0.25) is 12.1 Å². The molecule has 0 saturated carbocycles. The van der Waals surface area contributed by atoms with Crippen LogP contribution in [0.1, 0.15) is 51.4 Å². The number of carbonyl (C=O) groups is 1. The molecule has 0 saturated heterocycles. The summed E-state index contributed by atoms with van der Waals surface area (Å²) >= 11 is 0. The van der Waals surface area contributed by atoms with Gasteiger partial charge in [0.1, 0.15) is 49.1 Å². The minimum absolute atomic E-state index is 0.0475. The maximum atomic E-state index is 11.7. The number of carbonyl (C=O) groups excluding carboxylic acids is 1. The summed E-state index contributed by atoms with van der Waals surface area (Å²) in [6, 6.07) is 1.40. The van der Waals surface area contributed by atoms with Crippen molar-refractivity contribution in [2.75, 3.05) is 139 Å². The van der Waals surface area contributed by atoms with Crippen LogP contribution in [0.3, 0.4) is 0 Å². The summed E-state index contributed by atoms with van der Waals surface area (Å²) in [5, 5.41) is 61.6. The van der Waals surface area contributed by atoms with Gasteiger partial charge in [-0.25, -0.2) is 9.13 Å². The first kappa shape index (κ1) is 56.9. The molecule has 0 aromatic carbocycles. The summed E-state index contributed by atoms with van der Waals surface area (Å²) in [6.07, 6.45) is 6.52. The van der Waals surface area contributed by atoms with Crippen LogP contribution in [0.15, 0.2) is 0 Å². The quantitative estimate of drug-likeness (QED) is 0.0167. The number of amides is 1. The molecule has 2 atom stereocenters. The van der Waals surface area contributed by atoms with Crippen LogP contribution < -0.4 is 10.6 Å². The zero-order chi connectivity index (χ0) is 42.5. The number of hydrogen-bond donors (Lipinski definition) is 10. The van der Waals surface area contributed by atoms with E-state index in [1.54, 1.807) is 0 Å². The van der Waals surface area contributed by atoms with E-state index in [1.807, 2.05) is 42.3 Å². The molecule has 2 unspecified atom stereocenters. The summed E-state index contributed by atoms with van der Waals surface area (Å²) in [5.74, 6) is -0.489. The van der Waals surface area contributed by atoms with Gasteiger partial charge in [0.05, 0.1) is 48.9 Å². The number of phosphoric ester groups is 2. The number of phosphoric acid groups is 2. The zero-order valence-electron chi connectivity index (χ0n) is 34.4. The number of likely N-dealkylation sites (N-methyl/N-ethyl adjacent to an activating group) is 2. The molecule has 0 aliphatic carbocycles. The second-order valence-corrected chi connectivity index (χ2v) is 27.9. The molecular weight excluding hydrogens is 798 g/mol. The molecule has 0 bridgehead atoms. The first-order valence-corrected chi connectivity index (χ1v) is 27.7. The highest BCUT2D eigenvalue weighted by molar-refractivity contribution is 7.47. The van der Waals surface area contributed by atoms with Gasteiger partial charge in [0.15, 0.2) is 0 Å². The highest BCUT2D eigenvalue weighted by atomic mass is 31.2. The van der Waals surface area contributed by atoms with Crippen molar-refractivity contribution in [3.63, 3.8) is 0 Å². The van der Waals surface area contributed by atoms with Crippen LogP contribution in [-0.4, -0.2) is 210 Å². The van der Waals surface area contributed by atoms with E-state index in [2.05, 4.69) is 15.2 Å².